The van der Waals surface area contributed by atoms with Gasteiger partial charge in [-0.2, -0.15) is 0 Å². The third kappa shape index (κ3) is 5.34. The first-order valence-corrected chi connectivity index (χ1v) is 12.9. The molecule has 0 radical (unpaired) electrons. The second kappa shape index (κ2) is 9.23. The Kier molecular flexibility index (Phi) is 6.43. The molecule has 1 amide bonds. The Morgan fingerprint density at radius 2 is 1.84 bits per heavy atom. The molecular weight excluding hydrogens is 434 g/mol. The molecule has 4 rings (SSSR count). The van der Waals surface area contributed by atoms with Gasteiger partial charge in [-0.3, -0.25) is 4.79 Å². The van der Waals surface area contributed by atoms with Crippen LogP contribution in [0.25, 0.3) is 10.2 Å². The van der Waals surface area contributed by atoms with E-state index in [-0.39, 0.29) is 11.7 Å². The summed E-state index contributed by atoms with van der Waals surface area (Å²) in [6, 6.07) is 14.8. The molecule has 0 atom stereocenters. The van der Waals surface area contributed by atoms with Gasteiger partial charge in [0, 0.05) is 26.2 Å². The molecule has 2 heterocycles. The molecule has 31 heavy (non-hydrogen) atoms. The van der Waals surface area contributed by atoms with Crippen molar-refractivity contribution in [3.05, 3.63) is 54.1 Å². The number of thiazole rings is 1. The molecule has 7 nitrogen and oxygen atoms in total. The van der Waals surface area contributed by atoms with E-state index in [1.54, 1.807) is 40.5 Å². The van der Waals surface area contributed by atoms with Crippen molar-refractivity contribution < 1.29 is 17.9 Å². The third-order valence-corrected chi connectivity index (χ3v) is 7.67. The van der Waals surface area contributed by atoms with Gasteiger partial charge >= 0.3 is 0 Å². The summed E-state index contributed by atoms with van der Waals surface area (Å²) < 4.78 is 31.5. The minimum absolute atomic E-state index is 0.116. The lowest BCUT2D eigenvalue weighted by molar-refractivity contribution is -0.128. The molecule has 3 aromatic rings. The summed E-state index contributed by atoms with van der Waals surface area (Å²) in [6.07, 6.45) is 0. The fourth-order valence-corrected chi connectivity index (χ4v) is 6.00. The highest BCUT2D eigenvalue weighted by molar-refractivity contribution is 7.91. The number of rotatable bonds is 7. The lowest BCUT2D eigenvalue weighted by Gasteiger charge is -2.34. The van der Waals surface area contributed by atoms with E-state index in [4.69, 9.17) is 9.72 Å². The van der Waals surface area contributed by atoms with Crippen LogP contribution in [0.15, 0.2) is 48.5 Å². The molecule has 0 N–H and O–H groups in total. The fraction of sp³-hybridized carbons (Fsp3) is 0.364. The number of ether oxygens (including phenoxy) is 1. The smallest absolute Gasteiger partial charge is 0.237 e. The number of carbonyl (C=O) groups excluding carboxylic acids is 1. The summed E-state index contributed by atoms with van der Waals surface area (Å²) in [5.74, 6) is -0.0725. The number of carbonyl (C=O) groups is 1. The van der Waals surface area contributed by atoms with Crippen molar-refractivity contribution in [3.8, 4) is 5.75 Å². The van der Waals surface area contributed by atoms with Gasteiger partial charge in [0.05, 0.1) is 22.6 Å². The van der Waals surface area contributed by atoms with E-state index in [1.807, 2.05) is 31.2 Å². The maximum absolute atomic E-state index is 12.6. The van der Waals surface area contributed by atoms with Crippen LogP contribution in [0.4, 0.5) is 5.13 Å². The molecule has 0 unspecified atom stereocenters. The maximum Gasteiger partial charge on any atom is 0.237 e. The Morgan fingerprint density at radius 3 is 2.55 bits per heavy atom. The second-order valence-electron chi connectivity index (χ2n) is 7.44. The molecular formula is C22H25N3O4S2. The Labute approximate surface area is 186 Å². The van der Waals surface area contributed by atoms with Crippen molar-refractivity contribution in [2.45, 2.75) is 12.7 Å². The van der Waals surface area contributed by atoms with Crippen molar-refractivity contribution in [1.29, 1.82) is 0 Å². The summed E-state index contributed by atoms with van der Waals surface area (Å²) in [7, 11) is -3.50. The highest BCUT2D eigenvalue weighted by Gasteiger charge is 2.26. The Hall–Kier alpha value is -2.65. The van der Waals surface area contributed by atoms with Gasteiger partial charge in [0.2, 0.25) is 5.91 Å². The summed E-state index contributed by atoms with van der Waals surface area (Å²) in [5, 5.41) is 0.910. The van der Waals surface area contributed by atoms with Crippen molar-refractivity contribution in [3.63, 3.8) is 0 Å². The Bertz CT molecular complexity index is 1150. The fourth-order valence-electron chi connectivity index (χ4n) is 3.59. The zero-order valence-electron chi connectivity index (χ0n) is 17.4. The number of piperazine rings is 1. The number of anilines is 1. The monoisotopic (exact) mass is 459 g/mol. The van der Waals surface area contributed by atoms with E-state index in [0.29, 0.717) is 38.3 Å². The average Bonchev–Trinajstić information content (AvgIpc) is 3.17. The van der Waals surface area contributed by atoms with Crippen molar-refractivity contribution >= 4 is 42.4 Å². The Balaban J connectivity index is 1.35. The minimum Gasteiger partial charge on any atom is -0.494 e. The molecule has 0 aliphatic carbocycles. The van der Waals surface area contributed by atoms with Crippen molar-refractivity contribution in [2.24, 2.45) is 0 Å². The molecule has 1 aromatic heterocycles. The molecule has 1 fully saturated rings. The lowest BCUT2D eigenvalue weighted by atomic mass is 10.2. The van der Waals surface area contributed by atoms with Gasteiger partial charge in [-0.25, -0.2) is 13.4 Å². The zero-order valence-corrected chi connectivity index (χ0v) is 19.0. The van der Waals surface area contributed by atoms with E-state index in [0.717, 1.165) is 21.1 Å². The van der Waals surface area contributed by atoms with Gasteiger partial charge in [-0.05, 0) is 30.7 Å². The predicted octanol–water partition coefficient (Wildman–Crippen LogP) is 2.96. The number of nitrogens with zero attached hydrogens (tertiary/aromatic N) is 3. The molecule has 9 heteroatoms. The first-order valence-electron chi connectivity index (χ1n) is 10.2. The van der Waals surface area contributed by atoms with Crippen LogP contribution in [0, 0.1) is 0 Å². The third-order valence-electron chi connectivity index (χ3n) is 5.14. The zero-order chi connectivity index (χ0) is 21.8. The van der Waals surface area contributed by atoms with E-state index in [9.17, 15) is 13.2 Å². The maximum atomic E-state index is 12.6. The molecule has 1 aliphatic heterocycles. The van der Waals surface area contributed by atoms with Crippen LogP contribution >= 0.6 is 11.3 Å². The van der Waals surface area contributed by atoms with E-state index in [1.165, 1.54) is 0 Å². The highest BCUT2D eigenvalue weighted by atomic mass is 32.2. The minimum atomic E-state index is -3.50. The summed E-state index contributed by atoms with van der Waals surface area (Å²) in [6.45, 7) is 4.80. The number of aromatic nitrogens is 1. The molecule has 164 valence electrons. The molecule has 2 aromatic carbocycles. The molecule has 0 bridgehead atoms. The van der Waals surface area contributed by atoms with Crippen LogP contribution in [0.2, 0.25) is 0 Å². The second-order valence-corrected chi connectivity index (χ2v) is 10.5. The number of sulfone groups is 1. The highest BCUT2D eigenvalue weighted by Crippen LogP contribution is 2.32. The number of benzene rings is 2. The topological polar surface area (TPSA) is 79.8 Å². The number of fused-ring (bicyclic) bond motifs is 1. The van der Waals surface area contributed by atoms with Gasteiger partial charge in [0.15, 0.2) is 15.0 Å². The van der Waals surface area contributed by atoms with Gasteiger partial charge in [-0.1, -0.05) is 41.7 Å². The van der Waals surface area contributed by atoms with Crippen LogP contribution < -0.4 is 9.64 Å². The lowest BCUT2D eigenvalue weighted by Crippen LogP contribution is -2.50. The van der Waals surface area contributed by atoms with Gasteiger partial charge in [0.1, 0.15) is 11.5 Å². The quantitative estimate of drug-likeness (QED) is 0.541. The van der Waals surface area contributed by atoms with E-state index >= 15 is 0 Å². The van der Waals surface area contributed by atoms with Gasteiger partial charge in [-0.15, -0.1) is 0 Å². The van der Waals surface area contributed by atoms with Gasteiger partial charge in [0.25, 0.3) is 0 Å². The van der Waals surface area contributed by atoms with Crippen LogP contribution in [0.3, 0.4) is 0 Å². The predicted molar refractivity (Wildman–Crippen MR) is 124 cm³/mol. The first kappa shape index (κ1) is 21.6. The van der Waals surface area contributed by atoms with Crippen LogP contribution in [0.1, 0.15) is 12.5 Å². The molecule has 1 aliphatic rings. The summed E-state index contributed by atoms with van der Waals surface area (Å²) in [4.78, 5) is 21.1. The van der Waals surface area contributed by atoms with E-state index in [2.05, 4.69) is 4.90 Å². The average molecular weight is 460 g/mol. The SMILES string of the molecule is CCOc1ccc2nc(N3CCN(C(=O)CS(=O)(=O)Cc4ccccc4)CC3)sc2c1. The Morgan fingerprint density at radius 1 is 1.10 bits per heavy atom. The molecule has 0 saturated carbocycles. The first-order chi connectivity index (χ1) is 14.9. The number of hydrogen-bond acceptors (Lipinski definition) is 7. The standard InChI is InChI=1S/C22H25N3O4S2/c1-2-29-18-8-9-19-20(14-18)30-22(23-19)25-12-10-24(11-13-25)21(26)16-31(27,28)15-17-6-4-3-5-7-17/h3-9,14H,2,10-13,15-16H2,1H3. The van der Waals surface area contributed by atoms with E-state index < -0.39 is 15.6 Å². The van der Waals surface area contributed by atoms with Crippen molar-refractivity contribution in [2.75, 3.05) is 43.4 Å². The van der Waals surface area contributed by atoms with Crippen LogP contribution in [-0.4, -0.2) is 62.7 Å². The number of hydrogen-bond donors (Lipinski definition) is 0. The molecule has 1 saturated heterocycles. The largest absolute Gasteiger partial charge is 0.494 e. The van der Waals surface area contributed by atoms with Crippen LogP contribution in [0.5, 0.6) is 5.75 Å². The normalized spacial score (nSPS) is 14.7. The van der Waals surface area contributed by atoms with Crippen LogP contribution in [-0.2, 0) is 20.4 Å². The van der Waals surface area contributed by atoms with Gasteiger partial charge < -0.3 is 14.5 Å². The summed E-state index contributed by atoms with van der Waals surface area (Å²) >= 11 is 1.60. The molecule has 0 spiro atoms. The summed E-state index contributed by atoms with van der Waals surface area (Å²) in [5.41, 5.74) is 1.62. The number of amides is 1. The van der Waals surface area contributed by atoms with Crippen molar-refractivity contribution in [1.82, 2.24) is 9.88 Å².